The molecule has 0 amide bonds. The highest BCUT2D eigenvalue weighted by atomic mass is 32.1. The summed E-state index contributed by atoms with van der Waals surface area (Å²) in [7, 11) is 2.23. The Bertz CT molecular complexity index is 566. The van der Waals surface area contributed by atoms with Gasteiger partial charge in [0.25, 0.3) is 0 Å². The highest BCUT2D eigenvalue weighted by molar-refractivity contribution is 7.15. The van der Waals surface area contributed by atoms with Gasteiger partial charge in [-0.1, -0.05) is 32.6 Å². The van der Waals surface area contributed by atoms with Crippen LogP contribution in [0.1, 0.15) is 51.1 Å². The smallest absolute Gasteiger partial charge is 0.195 e. The van der Waals surface area contributed by atoms with Crippen LogP contribution < -0.4 is 10.2 Å². The SMILES string of the molecule is CCNCc1c(N(C)C2CCCCCC2)nc2sccn12. The summed E-state index contributed by atoms with van der Waals surface area (Å²) in [5.41, 5.74) is 1.31. The van der Waals surface area contributed by atoms with Gasteiger partial charge in [-0.3, -0.25) is 4.40 Å². The van der Waals surface area contributed by atoms with Gasteiger partial charge in [0.1, 0.15) is 0 Å². The maximum absolute atomic E-state index is 4.90. The van der Waals surface area contributed by atoms with Gasteiger partial charge in [-0.2, -0.15) is 0 Å². The van der Waals surface area contributed by atoms with Gasteiger partial charge < -0.3 is 10.2 Å². The molecule has 0 aliphatic heterocycles. The Kier molecular flexibility index (Phi) is 4.80. The Morgan fingerprint density at radius 2 is 2.10 bits per heavy atom. The van der Waals surface area contributed by atoms with Gasteiger partial charge in [-0.15, -0.1) is 11.3 Å². The van der Waals surface area contributed by atoms with Crippen molar-refractivity contribution in [2.24, 2.45) is 0 Å². The summed E-state index contributed by atoms with van der Waals surface area (Å²) in [6, 6.07) is 0.650. The zero-order valence-corrected chi connectivity index (χ0v) is 14.0. The molecule has 2 heterocycles. The van der Waals surface area contributed by atoms with Crippen LogP contribution in [0.15, 0.2) is 11.6 Å². The Morgan fingerprint density at radius 1 is 1.33 bits per heavy atom. The molecule has 116 valence electrons. The lowest BCUT2D eigenvalue weighted by Gasteiger charge is -2.28. The van der Waals surface area contributed by atoms with E-state index in [1.54, 1.807) is 11.3 Å². The van der Waals surface area contributed by atoms with E-state index < -0.39 is 0 Å². The average Bonchev–Trinajstić information content (AvgIpc) is 2.95. The van der Waals surface area contributed by atoms with Gasteiger partial charge in [-0.25, -0.2) is 4.98 Å². The minimum absolute atomic E-state index is 0.650. The van der Waals surface area contributed by atoms with E-state index in [1.807, 2.05) is 0 Å². The van der Waals surface area contributed by atoms with Gasteiger partial charge in [-0.05, 0) is 19.4 Å². The zero-order valence-electron chi connectivity index (χ0n) is 13.1. The predicted octanol–water partition coefficient (Wildman–Crippen LogP) is 3.66. The average molecular weight is 306 g/mol. The van der Waals surface area contributed by atoms with Gasteiger partial charge >= 0.3 is 0 Å². The number of hydrogen-bond donors (Lipinski definition) is 1. The lowest BCUT2D eigenvalue weighted by Crippen LogP contribution is -2.32. The first-order valence-corrected chi connectivity index (χ1v) is 9.07. The number of rotatable bonds is 5. The maximum Gasteiger partial charge on any atom is 0.195 e. The minimum Gasteiger partial charge on any atom is -0.355 e. The first-order valence-electron chi connectivity index (χ1n) is 8.19. The van der Waals surface area contributed by atoms with Crippen LogP contribution >= 0.6 is 11.3 Å². The molecule has 0 unspecified atom stereocenters. The molecule has 0 spiro atoms. The van der Waals surface area contributed by atoms with Crippen LogP contribution in [-0.4, -0.2) is 29.0 Å². The first-order chi connectivity index (χ1) is 10.3. The van der Waals surface area contributed by atoms with Crippen LogP contribution in [0.25, 0.3) is 4.96 Å². The fourth-order valence-electron chi connectivity index (χ4n) is 3.33. The first kappa shape index (κ1) is 14.9. The van der Waals surface area contributed by atoms with E-state index in [1.165, 1.54) is 50.0 Å². The van der Waals surface area contributed by atoms with Gasteiger partial charge in [0.15, 0.2) is 10.8 Å². The molecule has 0 atom stereocenters. The predicted molar refractivity (Wildman–Crippen MR) is 90.3 cm³/mol. The second kappa shape index (κ2) is 6.79. The number of thiazole rings is 1. The van der Waals surface area contributed by atoms with E-state index in [4.69, 9.17) is 4.98 Å². The van der Waals surface area contributed by atoms with Crippen LogP contribution in [0.3, 0.4) is 0 Å². The second-order valence-corrected chi connectivity index (χ2v) is 6.85. The molecule has 5 heteroatoms. The molecule has 0 saturated heterocycles. The number of nitrogens with zero attached hydrogens (tertiary/aromatic N) is 3. The summed E-state index contributed by atoms with van der Waals surface area (Å²) in [6.07, 6.45) is 10.3. The van der Waals surface area contributed by atoms with Crippen LogP contribution in [-0.2, 0) is 6.54 Å². The number of fused-ring (bicyclic) bond motifs is 1. The van der Waals surface area contributed by atoms with Gasteiger partial charge in [0.2, 0.25) is 0 Å². The number of anilines is 1. The van der Waals surface area contributed by atoms with Crippen LogP contribution in [0.5, 0.6) is 0 Å². The Balaban J connectivity index is 1.88. The topological polar surface area (TPSA) is 32.6 Å². The van der Waals surface area contributed by atoms with Crippen LogP contribution in [0, 0.1) is 0 Å². The Morgan fingerprint density at radius 3 is 2.81 bits per heavy atom. The summed E-state index contributed by atoms with van der Waals surface area (Å²) in [6.45, 7) is 4.03. The lowest BCUT2D eigenvalue weighted by atomic mass is 10.1. The summed E-state index contributed by atoms with van der Waals surface area (Å²) in [4.78, 5) is 8.45. The van der Waals surface area contributed by atoms with E-state index in [2.05, 4.69) is 40.2 Å². The largest absolute Gasteiger partial charge is 0.355 e. The Hall–Kier alpha value is -1.07. The normalized spacial score (nSPS) is 17.2. The quantitative estimate of drug-likeness (QED) is 0.856. The summed E-state index contributed by atoms with van der Waals surface area (Å²) >= 11 is 1.72. The summed E-state index contributed by atoms with van der Waals surface area (Å²) < 4.78 is 2.25. The van der Waals surface area contributed by atoms with Crippen molar-refractivity contribution in [1.82, 2.24) is 14.7 Å². The maximum atomic E-state index is 4.90. The van der Waals surface area contributed by atoms with E-state index in [0.29, 0.717) is 6.04 Å². The van der Waals surface area contributed by atoms with E-state index in [0.717, 1.165) is 18.1 Å². The Labute approximate surface area is 131 Å². The number of aromatic nitrogens is 2. The molecule has 0 aromatic carbocycles. The van der Waals surface area contributed by atoms with E-state index in [-0.39, 0.29) is 0 Å². The third kappa shape index (κ3) is 3.09. The van der Waals surface area contributed by atoms with Gasteiger partial charge in [0.05, 0.1) is 5.69 Å². The zero-order chi connectivity index (χ0) is 14.7. The monoisotopic (exact) mass is 306 g/mol. The highest BCUT2D eigenvalue weighted by Crippen LogP contribution is 2.29. The molecule has 1 saturated carbocycles. The molecule has 0 radical (unpaired) electrons. The van der Waals surface area contributed by atoms with Crippen molar-refractivity contribution in [2.75, 3.05) is 18.5 Å². The molecule has 4 nitrogen and oxygen atoms in total. The van der Waals surface area contributed by atoms with Crippen LogP contribution in [0.2, 0.25) is 0 Å². The summed E-state index contributed by atoms with van der Waals surface area (Å²) in [5, 5.41) is 5.58. The van der Waals surface area contributed by atoms with Crippen molar-refractivity contribution in [3.63, 3.8) is 0 Å². The lowest BCUT2D eigenvalue weighted by molar-refractivity contribution is 0.547. The molecule has 2 aromatic heterocycles. The van der Waals surface area contributed by atoms with Crippen LogP contribution in [0.4, 0.5) is 5.82 Å². The molecular formula is C16H26N4S. The summed E-state index contributed by atoms with van der Waals surface area (Å²) in [5.74, 6) is 1.18. The van der Waals surface area contributed by atoms with Crippen molar-refractivity contribution in [1.29, 1.82) is 0 Å². The molecule has 1 aliphatic carbocycles. The molecule has 2 aromatic rings. The molecule has 1 aliphatic rings. The fraction of sp³-hybridized carbons (Fsp3) is 0.688. The molecule has 1 N–H and O–H groups in total. The third-order valence-electron chi connectivity index (χ3n) is 4.59. The van der Waals surface area contributed by atoms with Crippen molar-refractivity contribution in [2.45, 2.75) is 58.0 Å². The van der Waals surface area contributed by atoms with Crippen molar-refractivity contribution >= 4 is 22.1 Å². The second-order valence-electron chi connectivity index (χ2n) is 5.97. The number of imidazole rings is 1. The molecular weight excluding hydrogens is 280 g/mol. The highest BCUT2D eigenvalue weighted by Gasteiger charge is 2.23. The minimum atomic E-state index is 0.650. The standard InChI is InChI=1S/C16H26N4S/c1-3-17-12-14-15(18-16-20(14)10-11-21-16)19(2)13-8-6-4-5-7-9-13/h10-11,13,17H,3-9,12H2,1-2H3. The van der Waals surface area contributed by atoms with Crippen molar-refractivity contribution in [3.8, 4) is 0 Å². The molecule has 21 heavy (non-hydrogen) atoms. The fourth-order valence-corrected chi connectivity index (χ4v) is 4.06. The molecule has 0 bridgehead atoms. The van der Waals surface area contributed by atoms with E-state index >= 15 is 0 Å². The molecule has 3 rings (SSSR count). The number of hydrogen-bond acceptors (Lipinski definition) is 4. The third-order valence-corrected chi connectivity index (χ3v) is 5.35. The number of nitrogens with one attached hydrogen (secondary N) is 1. The van der Waals surface area contributed by atoms with Crippen molar-refractivity contribution in [3.05, 3.63) is 17.3 Å². The van der Waals surface area contributed by atoms with E-state index in [9.17, 15) is 0 Å². The van der Waals surface area contributed by atoms with Gasteiger partial charge in [0, 0.05) is 31.2 Å². The molecule has 1 fully saturated rings. The van der Waals surface area contributed by atoms with Crippen molar-refractivity contribution < 1.29 is 0 Å².